The van der Waals surface area contributed by atoms with Crippen LogP contribution in [0.1, 0.15) is 42.5 Å². The van der Waals surface area contributed by atoms with E-state index >= 15 is 0 Å². The summed E-state index contributed by atoms with van der Waals surface area (Å²) < 4.78 is 4.86. The monoisotopic (exact) mass is 284 g/mol. The third kappa shape index (κ3) is 4.64. The molecule has 0 unspecified atom stereocenters. The van der Waals surface area contributed by atoms with Gasteiger partial charge < -0.3 is 10.1 Å². The molecule has 110 valence electrons. The van der Waals surface area contributed by atoms with E-state index in [1.807, 2.05) is 12.1 Å². The standard InChI is InChI=1S/C17H20N2O2/c18-11-13-21-17(20)15-8-4-5-9-16(15)19-12-10-14-6-2-1-3-7-14/h4-6,8-9,19H,1-3,7,10,12-13H2. The van der Waals surface area contributed by atoms with Crippen LogP contribution in [-0.4, -0.2) is 19.1 Å². The topological polar surface area (TPSA) is 62.1 Å². The molecule has 21 heavy (non-hydrogen) atoms. The summed E-state index contributed by atoms with van der Waals surface area (Å²) in [4.78, 5) is 11.9. The normalized spacial score (nSPS) is 14.0. The summed E-state index contributed by atoms with van der Waals surface area (Å²) >= 11 is 0. The number of hydrogen-bond acceptors (Lipinski definition) is 4. The lowest BCUT2D eigenvalue weighted by molar-refractivity contribution is 0.0556. The molecule has 0 radical (unpaired) electrons. The largest absolute Gasteiger partial charge is 0.447 e. The molecule has 0 fully saturated rings. The summed E-state index contributed by atoms with van der Waals surface area (Å²) in [5.41, 5.74) is 2.74. The number of nitrogens with zero attached hydrogens (tertiary/aromatic N) is 1. The molecule has 1 aromatic carbocycles. The van der Waals surface area contributed by atoms with Gasteiger partial charge in [-0.05, 0) is 44.2 Å². The predicted molar refractivity (Wildman–Crippen MR) is 82.0 cm³/mol. The van der Waals surface area contributed by atoms with Gasteiger partial charge in [0.05, 0.1) is 5.56 Å². The molecule has 0 saturated heterocycles. The lowest BCUT2D eigenvalue weighted by Crippen LogP contribution is -2.11. The van der Waals surface area contributed by atoms with Crippen LogP contribution in [0.5, 0.6) is 0 Å². The summed E-state index contributed by atoms with van der Waals surface area (Å²) in [6.07, 6.45) is 8.28. The molecule has 2 rings (SSSR count). The summed E-state index contributed by atoms with van der Waals surface area (Å²) in [6.45, 7) is 0.578. The molecular formula is C17H20N2O2. The van der Waals surface area contributed by atoms with Crippen LogP contribution in [0.15, 0.2) is 35.9 Å². The number of hydrogen-bond donors (Lipinski definition) is 1. The highest BCUT2D eigenvalue weighted by Crippen LogP contribution is 2.21. The van der Waals surface area contributed by atoms with Crippen molar-refractivity contribution in [1.29, 1.82) is 5.26 Å². The molecule has 0 atom stereocenters. The van der Waals surface area contributed by atoms with E-state index in [1.165, 1.54) is 31.3 Å². The summed E-state index contributed by atoms with van der Waals surface area (Å²) in [5.74, 6) is -0.462. The molecule has 0 bridgehead atoms. The lowest BCUT2D eigenvalue weighted by Gasteiger charge is -2.14. The highest BCUT2D eigenvalue weighted by molar-refractivity contribution is 5.95. The Bertz CT molecular complexity index is 558. The van der Waals surface area contributed by atoms with Gasteiger partial charge in [0, 0.05) is 12.2 Å². The highest BCUT2D eigenvalue weighted by atomic mass is 16.5. The van der Waals surface area contributed by atoms with Crippen LogP contribution in [-0.2, 0) is 4.74 Å². The van der Waals surface area contributed by atoms with Crippen molar-refractivity contribution in [2.45, 2.75) is 32.1 Å². The van der Waals surface area contributed by atoms with Crippen molar-refractivity contribution >= 4 is 11.7 Å². The van der Waals surface area contributed by atoms with Gasteiger partial charge in [0.2, 0.25) is 0 Å². The number of rotatable bonds is 6. The molecule has 0 spiro atoms. The zero-order valence-corrected chi connectivity index (χ0v) is 12.1. The van der Waals surface area contributed by atoms with Crippen molar-refractivity contribution in [1.82, 2.24) is 0 Å². The minimum atomic E-state index is -0.462. The molecule has 1 N–H and O–H groups in total. The fraction of sp³-hybridized carbons (Fsp3) is 0.412. The van der Waals surface area contributed by atoms with E-state index in [9.17, 15) is 4.79 Å². The van der Waals surface area contributed by atoms with E-state index in [0.29, 0.717) is 5.56 Å². The number of benzene rings is 1. The first kappa shape index (κ1) is 15.1. The minimum Gasteiger partial charge on any atom is -0.447 e. The molecule has 0 amide bonds. The van der Waals surface area contributed by atoms with Gasteiger partial charge >= 0.3 is 5.97 Å². The van der Waals surface area contributed by atoms with Crippen molar-refractivity contribution in [3.05, 3.63) is 41.5 Å². The zero-order valence-electron chi connectivity index (χ0n) is 12.1. The van der Waals surface area contributed by atoms with E-state index in [4.69, 9.17) is 10.00 Å². The highest BCUT2D eigenvalue weighted by Gasteiger charge is 2.12. The average molecular weight is 284 g/mol. The molecule has 0 saturated carbocycles. The molecular weight excluding hydrogens is 264 g/mol. The van der Waals surface area contributed by atoms with Crippen molar-refractivity contribution < 1.29 is 9.53 Å². The number of esters is 1. The Kier molecular flexibility index (Phi) is 5.83. The van der Waals surface area contributed by atoms with Crippen LogP contribution in [0.25, 0.3) is 0 Å². The summed E-state index contributed by atoms with van der Waals surface area (Å²) in [7, 11) is 0. The molecule has 0 aromatic heterocycles. The van der Waals surface area contributed by atoms with Crippen LogP contribution >= 0.6 is 0 Å². The molecule has 1 aromatic rings. The Labute approximate surface area is 125 Å². The number of allylic oxidation sites excluding steroid dienone is 1. The van der Waals surface area contributed by atoms with Crippen molar-refractivity contribution in [2.24, 2.45) is 0 Å². The fourth-order valence-corrected chi connectivity index (χ4v) is 2.48. The second-order valence-corrected chi connectivity index (χ2v) is 5.06. The van der Waals surface area contributed by atoms with Gasteiger partial charge in [-0.3, -0.25) is 0 Å². The molecule has 4 nitrogen and oxygen atoms in total. The van der Waals surface area contributed by atoms with Gasteiger partial charge in [-0.25, -0.2) is 4.79 Å². The second-order valence-electron chi connectivity index (χ2n) is 5.06. The first-order valence-electron chi connectivity index (χ1n) is 7.36. The third-order valence-corrected chi connectivity index (χ3v) is 3.56. The van der Waals surface area contributed by atoms with Crippen LogP contribution in [0.4, 0.5) is 5.69 Å². The first-order chi connectivity index (χ1) is 10.3. The van der Waals surface area contributed by atoms with Gasteiger partial charge in [0.15, 0.2) is 6.61 Å². The van der Waals surface area contributed by atoms with Gasteiger partial charge in [-0.15, -0.1) is 0 Å². The summed E-state index contributed by atoms with van der Waals surface area (Å²) in [5, 5.41) is 11.8. The van der Waals surface area contributed by atoms with Gasteiger partial charge in [0.1, 0.15) is 6.07 Å². The van der Waals surface area contributed by atoms with Crippen molar-refractivity contribution in [2.75, 3.05) is 18.5 Å². The first-order valence-corrected chi connectivity index (χ1v) is 7.36. The smallest absolute Gasteiger partial charge is 0.341 e. The Morgan fingerprint density at radius 3 is 2.95 bits per heavy atom. The van der Waals surface area contributed by atoms with Crippen molar-refractivity contribution in [3.8, 4) is 6.07 Å². The van der Waals surface area contributed by atoms with E-state index < -0.39 is 5.97 Å². The number of carbonyl (C=O) groups is 1. The number of para-hydroxylation sites is 1. The third-order valence-electron chi connectivity index (χ3n) is 3.56. The number of nitrogens with one attached hydrogen (secondary N) is 1. The minimum absolute atomic E-state index is 0.222. The van der Waals surface area contributed by atoms with E-state index in [2.05, 4.69) is 11.4 Å². The number of anilines is 1. The molecule has 1 aliphatic carbocycles. The second kappa shape index (κ2) is 8.11. The van der Waals surface area contributed by atoms with E-state index in [0.717, 1.165) is 18.7 Å². The Morgan fingerprint density at radius 1 is 1.33 bits per heavy atom. The Morgan fingerprint density at radius 2 is 2.19 bits per heavy atom. The zero-order chi connectivity index (χ0) is 14.9. The number of ether oxygens (including phenoxy) is 1. The quantitative estimate of drug-likeness (QED) is 0.639. The SMILES string of the molecule is N#CCOC(=O)c1ccccc1NCCC1=CCCCC1. The lowest BCUT2D eigenvalue weighted by atomic mass is 9.97. The van der Waals surface area contributed by atoms with Crippen LogP contribution in [0.3, 0.4) is 0 Å². The van der Waals surface area contributed by atoms with E-state index in [-0.39, 0.29) is 6.61 Å². The average Bonchev–Trinajstić information content (AvgIpc) is 2.54. The Hall–Kier alpha value is -2.28. The molecule has 4 heteroatoms. The molecule has 0 aliphatic heterocycles. The molecule has 0 heterocycles. The van der Waals surface area contributed by atoms with Crippen LogP contribution in [0, 0.1) is 11.3 Å². The van der Waals surface area contributed by atoms with Gasteiger partial charge in [-0.1, -0.05) is 23.8 Å². The maximum absolute atomic E-state index is 11.9. The van der Waals surface area contributed by atoms with E-state index in [1.54, 1.807) is 18.2 Å². The van der Waals surface area contributed by atoms with Gasteiger partial charge in [-0.2, -0.15) is 5.26 Å². The maximum atomic E-state index is 11.9. The predicted octanol–water partition coefficient (Wildman–Crippen LogP) is 3.67. The molecule has 1 aliphatic rings. The Balaban J connectivity index is 1.92. The maximum Gasteiger partial charge on any atom is 0.341 e. The van der Waals surface area contributed by atoms with Crippen LogP contribution in [0.2, 0.25) is 0 Å². The van der Waals surface area contributed by atoms with Crippen LogP contribution < -0.4 is 5.32 Å². The summed E-state index contributed by atoms with van der Waals surface area (Å²) in [6, 6.07) is 9.04. The van der Waals surface area contributed by atoms with Crippen molar-refractivity contribution in [3.63, 3.8) is 0 Å². The number of carbonyl (C=O) groups excluding carboxylic acids is 1. The van der Waals surface area contributed by atoms with Gasteiger partial charge in [0.25, 0.3) is 0 Å². The number of nitriles is 1. The fourth-order valence-electron chi connectivity index (χ4n) is 2.48.